The molecule has 24 heavy (non-hydrogen) atoms. The van der Waals surface area contributed by atoms with Gasteiger partial charge in [-0.05, 0) is 23.8 Å². The van der Waals surface area contributed by atoms with Crippen LogP contribution in [0.25, 0.3) is 6.08 Å². The van der Waals surface area contributed by atoms with E-state index in [4.69, 9.17) is 0 Å². The molecule has 0 saturated carbocycles. The minimum absolute atomic E-state index is 0.137. The van der Waals surface area contributed by atoms with Gasteiger partial charge in [-0.2, -0.15) is 13.2 Å². The smallest absolute Gasteiger partial charge is 0.350 e. The molecule has 126 valence electrons. The van der Waals surface area contributed by atoms with Crippen LogP contribution in [0.1, 0.15) is 11.1 Å². The van der Waals surface area contributed by atoms with Gasteiger partial charge in [0.2, 0.25) is 5.95 Å². The summed E-state index contributed by atoms with van der Waals surface area (Å²) in [6, 6.07) is 7.04. The molecule has 3 rings (SSSR count). The third-order valence-electron chi connectivity index (χ3n) is 3.92. The highest BCUT2D eigenvalue weighted by Crippen LogP contribution is 2.29. The first kappa shape index (κ1) is 16.4. The largest absolute Gasteiger partial charge is 0.416 e. The van der Waals surface area contributed by atoms with Gasteiger partial charge in [-0.3, -0.25) is 0 Å². The van der Waals surface area contributed by atoms with Crippen molar-refractivity contribution in [1.29, 1.82) is 0 Å². The van der Waals surface area contributed by atoms with Crippen LogP contribution in [-0.4, -0.2) is 29.1 Å². The van der Waals surface area contributed by atoms with Crippen LogP contribution in [0.15, 0.2) is 48.8 Å². The molecule has 2 aromatic rings. The molecular weight excluding hydrogens is 317 g/mol. The Bertz CT molecular complexity index is 683. The maximum absolute atomic E-state index is 12.6. The lowest BCUT2D eigenvalue weighted by atomic mass is 10.0. The van der Waals surface area contributed by atoms with E-state index in [9.17, 15) is 13.2 Å². The summed E-state index contributed by atoms with van der Waals surface area (Å²) in [5, 5.41) is 6.56. The molecule has 1 aromatic carbocycles. The Labute approximate surface area is 137 Å². The van der Waals surface area contributed by atoms with Gasteiger partial charge in [-0.15, -0.1) is 0 Å². The fraction of sp³-hybridized carbons (Fsp3) is 0.294. The molecule has 1 saturated heterocycles. The molecule has 1 fully saturated rings. The van der Waals surface area contributed by atoms with E-state index in [0.29, 0.717) is 5.95 Å². The first-order valence-corrected chi connectivity index (χ1v) is 7.62. The second-order valence-corrected chi connectivity index (χ2v) is 5.62. The van der Waals surface area contributed by atoms with Crippen molar-refractivity contribution in [2.75, 3.05) is 18.4 Å². The van der Waals surface area contributed by atoms with Crippen molar-refractivity contribution in [3.05, 3.63) is 59.9 Å². The molecule has 1 aromatic heterocycles. The third kappa shape index (κ3) is 4.11. The number of anilines is 1. The molecule has 0 spiro atoms. The van der Waals surface area contributed by atoms with Gasteiger partial charge in [0.05, 0.1) is 5.56 Å². The average Bonchev–Trinajstić information content (AvgIpc) is 3.00. The summed E-state index contributed by atoms with van der Waals surface area (Å²) >= 11 is 0. The minimum atomic E-state index is -4.30. The van der Waals surface area contributed by atoms with Crippen LogP contribution in [0.2, 0.25) is 0 Å². The zero-order valence-electron chi connectivity index (χ0n) is 12.8. The lowest BCUT2D eigenvalue weighted by Gasteiger charge is -2.16. The van der Waals surface area contributed by atoms with Gasteiger partial charge >= 0.3 is 6.18 Å². The van der Waals surface area contributed by atoms with E-state index in [1.54, 1.807) is 18.5 Å². The summed E-state index contributed by atoms with van der Waals surface area (Å²) in [5.41, 5.74) is 0.104. The van der Waals surface area contributed by atoms with Crippen LogP contribution in [0, 0.1) is 5.92 Å². The lowest BCUT2D eigenvalue weighted by molar-refractivity contribution is -0.137. The van der Waals surface area contributed by atoms with Gasteiger partial charge in [-0.25, -0.2) is 9.97 Å². The molecule has 0 unspecified atom stereocenters. The first-order valence-electron chi connectivity index (χ1n) is 7.62. The number of halogens is 3. The van der Waals surface area contributed by atoms with Crippen molar-refractivity contribution >= 4 is 12.0 Å². The first-order chi connectivity index (χ1) is 11.5. The SMILES string of the molecule is FC(F)(F)c1ccc(/C=C/[C@H]2CNC[C@@H]2Nc2ncccn2)cc1. The number of rotatable bonds is 4. The Balaban J connectivity index is 1.64. The maximum Gasteiger partial charge on any atom is 0.416 e. The van der Waals surface area contributed by atoms with Crippen LogP contribution in [0.5, 0.6) is 0 Å². The standard InChI is InChI=1S/C17H17F3N4/c18-17(19,20)14-6-3-12(4-7-14)2-5-13-10-21-11-15(13)24-16-22-8-1-9-23-16/h1-9,13,15,21H,10-11H2,(H,22,23,24)/b5-2+/t13-,15-/m0/s1. The number of hydrogen-bond acceptors (Lipinski definition) is 4. The summed E-state index contributed by atoms with van der Waals surface area (Å²) in [6.45, 7) is 1.57. The van der Waals surface area contributed by atoms with Crippen LogP contribution < -0.4 is 10.6 Å². The van der Waals surface area contributed by atoms with E-state index in [1.165, 1.54) is 12.1 Å². The molecule has 2 N–H and O–H groups in total. The molecule has 1 aliphatic heterocycles. The van der Waals surface area contributed by atoms with Crippen molar-refractivity contribution in [2.24, 2.45) is 5.92 Å². The van der Waals surface area contributed by atoms with Gasteiger partial charge in [0.25, 0.3) is 0 Å². The van der Waals surface area contributed by atoms with Crippen molar-refractivity contribution in [3.8, 4) is 0 Å². The van der Waals surface area contributed by atoms with Gasteiger partial charge in [0.15, 0.2) is 0 Å². The monoisotopic (exact) mass is 334 g/mol. The molecule has 1 aliphatic rings. The topological polar surface area (TPSA) is 49.8 Å². The van der Waals surface area contributed by atoms with Crippen LogP contribution >= 0.6 is 0 Å². The molecule has 2 heterocycles. The quantitative estimate of drug-likeness (QED) is 0.901. The van der Waals surface area contributed by atoms with E-state index in [1.807, 2.05) is 12.2 Å². The second kappa shape index (κ2) is 7.00. The third-order valence-corrected chi connectivity index (χ3v) is 3.92. The summed E-state index contributed by atoms with van der Waals surface area (Å²) in [7, 11) is 0. The summed E-state index contributed by atoms with van der Waals surface area (Å²) in [4.78, 5) is 8.29. The minimum Gasteiger partial charge on any atom is -0.350 e. The van der Waals surface area contributed by atoms with E-state index in [0.717, 1.165) is 30.8 Å². The molecule has 0 aliphatic carbocycles. The zero-order valence-corrected chi connectivity index (χ0v) is 12.8. The predicted molar refractivity (Wildman–Crippen MR) is 86.3 cm³/mol. The second-order valence-electron chi connectivity index (χ2n) is 5.62. The zero-order chi connectivity index (χ0) is 17.0. The molecule has 0 radical (unpaired) electrons. The number of alkyl halides is 3. The Hall–Kier alpha value is -2.41. The van der Waals surface area contributed by atoms with Crippen LogP contribution in [0.4, 0.5) is 19.1 Å². The molecule has 7 heteroatoms. The summed E-state index contributed by atoms with van der Waals surface area (Å²) in [6.07, 6.45) is 2.89. The molecule has 0 bridgehead atoms. The lowest BCUT2D eigenvalue weighted by Crippen LogP contribution is -2.28. The normalized spacial score (nSPS) is 21.3. The molecular formula is C17H17F3N4. The number of benzene rings is 1. The summed E-state index contributed by atoms with van der Waals surface area (Å²) in [5.74, 6) is 0.773. The van der Waals surface area contributed by atoms with Gasteiger partial charge in [0.1, 0.15) is 0 Å². The van der Waals surface area contributed by atoms with Crippen molar-refractivity contribution in [2.45, 2.75) is 12.2 Å². The van der Waals surface area contributed by atoms with Crippen molar-refractivity contribution in [1.82, 2.24) is 15.3 Å². The van der Waals surface area contributed by atoms with E-state index >= 15 is 0 Å². The van der Waals surface area contributed by atoms with Crippen LogP contribution in [0.3, 0.4) is 0 Å². The Morgan fingerprint density at radius 3 is 2.46 bits per heavy atom. The van der Waals surface area contributed by atoms with Gasteiger partial charge in [0, 0.05) is 37.4 Å². The number of nitrogens with zero attached hydrogens (tertiary/aromatic N) is 2. The Morgan fingerprint density at radius 2 is 1.79 bits per heavy atom. The average molecular weight is 334 g/mol. The van der Waals surface area contributed by atoms with Crippen molar-refractivity contribution < 1.29 is 13.2 Å². The predicted octanol–water partition coefficient (Wildman–Crippen LogP) is 3.21. The molecule has 0 amide bonds. The van der Waals surface area contributed by atoms with Crippen molar-refractivity contribution in [3.63, 3.8) is 0 Å². The number of aromatic nitrogens is 2. The Kier molecular flexibility index (Phi) is 4.80. The van der Waals surface area contributed by atoms with Gasteiger partial charge in [-0.1, -0.05) is 24.3 Å². The fourth-order valence-corrected chi connectivity index (χ4v) is 2.62. The highest BCUT2D eigenvalue weighted by molar-refractivity contribution is 5.50. The molecule has 2 atom stereocenters. The Morgan fingerprint density at radius 1 is 1.08 bits per heavy atom. The molecule has 4 nitrogen and oxygen atoms in total. The summed E-state index contributed by atoms with van der Waals surface area (Å²) < 4.78 is 37.7. The maximum atomic E-state index is 12.6. The van der Waals surface area contributed by atoms with Crippen LogP contribution in [-0.2, 0) is 6.18 Å². The fourth-order valence-electron chi connectivity index (χ4n) is 2.62. The number of nitrogens with one attached hydrogen (secondary N) is 2. The van der Waals surface area contributed by atoms with E-state index in [2.05, 4.69) is 20.6 Å². The number of hydrogen-bond donors (Lipinski definition) is 2. The highest BCUT2D eigenvalue weighted by Gasteiger charge is 2.30. The van der Waals surface area contributed by atoms with E-state index < -0.39 is 11.7 Å². The van der Waals surface area contributed by atoms with Gasteiger partial charge < -0.3 is 10.6 Å². The highest BCUT2D eigenvalue weighted by atomic mass is 19.4. The van der Waals surface area contributed by atoms with E-state index in [-0.39, 0.29) is 12.0 Å².